The molecule has 1 aromatic heterocycles. The highest BCUT2D eigenvalue weighted by molar-refractivity contribution is 7.09. The summed E-state index contributed by atoms with van der Waals surface area (Å²) in [5.41, 5.74) is 0. The van der Waals surface area contributed by atoms with Crippen LogP contribution in [0, 0.1) is 0 Å². The van der Waals surface area contributed by atoms with Crippen LogP contribution in [0.4, 0.5) is 5.13 Å². The lowest BCUT2D eigenvalue weighted by Crippen LogP contribution is -2.29. The minimum absolute atomic E-state index is 0.461. The van der Waals surface area contributed by atoms with Crippen molar-refractivity contribution < 1.29 is 0 Å². The molecule has 14 heavy (non-hydrogen) atoms. The molecule has 4 nitrogen and oxygen atoms in total. The zero-order valence-electron chi connectivity index (χ0n) is 8.58. The predicted molar refractivity (Wildman–Crippen MR) is 58.9 cm³/mol. The van der Waals surface area contributed by atoms with Gasteiger partial charge < -0.3 is 10.6 Å². The molecule has 1 saturated carbocycles. The van der Waals surface area contributed by atoms with E-state index in [4.69, 9.17) is 0 Å². The van der Waals surface area contributed by atoms with E-state index in [1.54, 1.807) is 0 Å². The summed E-state index contributed by atoms with van der Waals surface area (Å²) in [5.74, 6) is 1.69. The Kier molecular flexibility index (Phi) is 2.98. The second kappa shape index (κ2) is 4.23. The van der Waals surface area contributed by atoms with Crippen molar-refractivity contribution in [2.75, 3.05) is 18.9 Å². The Balaban J connectivity index is 1.83. The maximum absolute atomic E-state index is 4.45. The van der Waals surface area contributed by atoms with Gasteiger partial charge in [-0.3, -0.25) is 0 Å². The van der Waals surface area contributed by atoms with E-state index >= 15 is 0 Å². The lowest BCUT2D eigenvalue weighted by molar-refractivity contribution is 0.638. The van der Waals surface area contributed by atoms with Crippen molar-refractivity contribution in [3.05, 3.63) is 5.82 Å². The molecule has 2 rings (SSSR count). The predicted octanol–water partition coefficient (Wildman–Crippen LogP) is 1.44. The van der Waals surface area contributed by atoms with Crippen LogP contribution in [-0.4, -0.2) is 29.0 Å². The zero-order chi connectivity index (χ0) is 9.97. The molecule has 0 bridgehead atoms. The summed E-state index contributed by atoms with van der Waals surface area (Å²) in [5, 5.41) is 7.40. The second-order valence-electron chi connectivity index (χ2n) is 3.80. The van der Waals surface area contributed by atoms with Crippen molar-refractivity contribution in [3.63, 3.8) is 0 Å². The molecular weight excluding hydrogens is 196 g/mol. The van der Waals surface area contributed by atoms with Gasteiger partial charge in [-0.1, -0.05) is 0 Å². The molecule has 0 amide bonds. The van der Waals surface area contributed by atoms with Crippen LogP contribution in [0.5, 0.6) is 0 Å². The van der Waals surface area contributed by atoms with Crippen LogP contribution < -0.4 is 10.6 Å². The lowest BCUT2D eigenvalue weighted by atomic mass is 10.3. The van der Waals surface area contributed by atoms with Gasteiger partial charge in [0.25, 0.3) is 0 Å². The number of nitrogens with zero attached hydrogens (tertiary/aromatic N) is 2. The summed E-state index contributed by atoms with van der Waals surface area (Å²) >= 11 is 1.47. The third-order valence-corrected chi connectivity index (χ3v) is 3.12. The minimum Gasteiger partial charge on any atom is -0.359 e. The third-order valence-electron chi connectivity index (χ3n) is 2.44. The molecule has 78 valence electrons. The highest BCUT2D eigenvalue weighted by atomic mass is 32.1. The molecule has 2 N–H and O–H groups in total. The minimum atomic E-state index is 0.461. The molecular formula is C9H16N4S. The van der Waals surface area contributed by atoms with Crippen LogP contribution >= 0.6 is 11.5 Å². The summed E-state index contributed by atoms with van der Waals surface area (Å²) in [7, 11) is 1.96. The molecule has 1 unspecified atom stereocenters. The largest absolute Gasteiger partial charge is 0.359 e. The Morgan fingerprint density at radius 2 is 2.36 bits per heavy atom. The van der Waals surface area contributed by atoms with Gasteiger partial charge in [0.05, 0.1) is 0 Å². The Bertz CT molecular complexity index is 295. The Morgan fingerprint density at radius 3 is 3.00 bits per heavy atom. The summed E-state index contributed by atoms with van der Waals surface area (Å²) in [6.07, 6.45) is 2.53. The Morgan fingerprint density at radius 1 is 1.57 bits per heavy atom. The average molecular weight is 212 g/mol. The SMILES string of the molecule is CNC(C)CNc1nc(C2CC2)ns1. The molecule has 1 aliphatic rings. The van der Waals surface area contributed by atoms with E-state index in [-0.39, 0.29) is 0 Å². The van der Waals surface area contributed by atoms with Gasteiger partial charge in [-0.2, -0.15) is 4.37 Å². The fourth-order valence-corrected chi connectivity index (χ4v) is 1.81. The first-order chi connectivity index (χ1) is 6.79. The van der Waals surface area contributed by atoms with Crippen molar-refractivity contribution in [1.82, 2.24) is 14.7 Å². The number of likely N-dealkylation sites (N-methyl/N-ethyl adjacent to an activating group) is 1. The number of anilines is 1. The van der Waals surface area contributed by atoms with Crippen molar-refractivity contribution in [3.8, 4) is 0 Å². The number of hydrogen-bond donors (Lipinski definition) is 2. The van der Waals surface area contributed by atoms with Crippen LogP contribution in [0.3, 0.4) is 0 Å². The Labute approximate surface area is 88.3 Å². The summed E-state index contributed by atoms with van der Waals surface area (Å²) in [6.45, 7) is 3.03. The molecule has 0 spiro atoms. The van der Waals surface area contributed by atoms with E-state index in [2.05, 4.69) is 26.9 Å². The van der Waals surface area contributed by atoms with Crippen LogP contribution in [-0.2, 0) is 0 Å². The third kappa shape index (κ3) is 2.42. The maximum atomic E-state index is 4.45. The van der Waals surface area contributed by atoms with E-state index in [0.29, 0.717) is 12.0 Å². The molecule has 0 aromatic carbocycles. The van der Waals surface area contributed by atoms with Crippen molar-refractivity contribution >= 4 is 16.7 Å². The zero-order valence-corrected chi connectivity index (χ0v) is 9.40. The molecule has 1 atom stereocenters. The highest BCUT2D eigenvalue weighted by Crippen LogP contribution is 2.39. The molecule has 1 aliphatic carbocycles. The van der Waals surface area contributed by atoms with Crippen LogP contribution in [0.1, 0.15) is 31.5 Å². The van der Waals surface area contributed by atoms with E-state index in [1.165, 1.54) is 24.4 Å². The van der Waals surface area contributed by atoms with Crippen molar-refractivity contribution in [2.24, 2.45) is 0 Å². The molecule has 1 heterocycles. The highest BCUT2D eigenvalue weighted by Gasteiger charge is 2.27. The quantitative estimate of drug-likeness (QED) is 0.775. The van der Waals surface area contributed by atoms with E-state index in [1.807, 2.05) is 7.05 Å². The van der Waals surface area contributed by atoms with E-state index in [0.717, 1.165) is 17.5 Å². The second-order valence-corrected chi connectivity index (χ2v) is 4.55. The molecule has 0 saturated heterocycles. The van der Waals surface area contributed by atoms with Gasteiger partial charge >= 0.3 is 0 Å². The number of rotatable bonds is 5. The topological polar surface area (TPSA) is 49.8 Å². The van der Waals surface area contributed by atoms with Crippen LogP contribution in [0.25, 0.3) is 0 Å². The van der Waals surface area contributed by atoms with E-state index < -0.39 is 0 Å². The Hall–Kier alpha value is -0.680. The molecule has 1 aromatic rings. The van der Waals surface area contributed by atoms with Crippen LogP contribution in [0.2, 0.25) is 0 Å². The first-order valence-electron chi connectivity index (χ1n) is 5.04. The maximum Gasteiger partial charge on any atom is 0.202 e. The molecule has 1 fully saturated rings. The standard InChI is InChI=1S/C9H16N4S/c1-6(10-2)5-11-9-12-8(13-14-9)7-3-4-7/h6-7,10H,3-5H2,1-2H3,(H,11,12,13). The summed E-state index contributed by atoms with van der Waals surface area (Å²) in [4.78, 5) is 4.45. The van der Waals surface area contributed by atoms with Gasteiger partial charge in [-0.05, 0) is 26.8 Å². The van der Waals surface area contributed by atoms with Gasteiger partial charge in [0.1, 0.15) is 5.82 Å². The summed E-state index contributed by atoms with van der Waals surface area (Å²) in [6, 6.07) is 0.461. The van der Waals surface area contributed by atoms with Crippen molar-refractivity contribution in [2.45, 2.75) is 31.7 Å². The number of aromatic nitrogens is 2. The number of hydrogen-bond acceptors (Lipinski definition) is 5. The van der Waals surface area contributed by atoms with Gasteiger partial charge in [-0.25, -0.2) is 4.98 Å². The normalized spacial score (nSPS) is 18.1. The monoisotopic (exact) mass is 212 g/mol. The van der Waals surface area contributed by atoms with E-state index in [9.17, 15) is 0 Å². The molecule has 0 radical (unpaired) electrons. The smallest absolute Gasteiger partial charge is 0.202 e. The number of nitrogens with one attached hydrogen (secondary N) is 2. The van der Waals surface area contributed by atoms with Gasteiger partial charge in [-0.15, -0.1) is 0 Å². The van der Waals surface area contributed by atoms with Gasteiger partial charge in [0, 0.05) is 30.0 Å². The average Bonchev–Trinajstić information content (AvgIpc) is 2.95. The fraction of sp³-hybridized carbons (Fsp3) is 0.778. The molecule has 0 aliphatic heterocycles. The lowest BCUT2D eigenvalue weighted by Gasteiger charge is -2.09. The first kappa shape index (κ1) is 9.86. The summed E-state index contributed by atoms with van der Waals surface area (Å²) < 4.78 is 4.33. The van der Waals surface area contributed by atoms with Gasteiger partial charge in [0.15, 0.2) is 0 Å². The van der Waals surface area contributed by atoms with Crippen molar-refractivity contribution in [1.29, 1.82) is 0 Å². The first-order valence-corrected chi connectivity index (χ1v) is 5.81. The fourth-order valence-electron chi connectivity index (χ4n) is 1.16. The van der Waals surface area contributed by atoms with Crippen LogP contribution in [0.15, 0.2) is 0 Å². The van der Waals surface area contributed by atoms with Gasteiger partial charge in [0.2, 0.25) is 5.13 Å². The molecule has 5 heteroatoms.